The molecule has 3 heterocycles. The highest BCUT2D eigenvalue weighted by atomic mass is 32.1. The van der Waals surface area contributed by atoms with Gasteiger partial charge >= 0.3 is 0 Å². The number of benzene rings is 1. The average Bonchev–Trinajstić information content (AvgIpc) is 3.26. The van der Waals surface area contributed by atoms with Crippen molar-refractivity contribution < 1.29 is 4.79 Å². The van der Waals surface area contributed by atoms with Gasteiger partial charge in [0.1, 0.15) is 0 Å². The van der Waals surface area contributed by atoms with E-state index < -0.39 is 0 Å². The summed E-state index contributed by atoms with van der Waals surface area (Å²) < 4.78 is 3.06. The van der Waals surface area contributed by atoms with E-state index in [0.29, 0.717) is 6.04 Å². The number of amides is 1. The van der Waals surface area contributed by atoms with Crippen molar-refractivity contribution in [1.29, 1.82) is 0 Å². The highest BCUT2D eigenvalue weighted by Gasteiger charge is 2.29. The first kappa shape index (κ1) is 20.5. The van der Waals surface area contributed by atoms with E-state index in [1.165, 1.54) is 25.7 Å². The van der Waals surface area contributed by atoms with Gasteiger partial charge in [-0.15, -0.1) is 0 Å². The lowest BCUT2D eigenvalue weighted by molar-refractivity contribution is -0.126. The van der Waals surface area contributed by atoms with Crippen LogP contribution in [0.5, 0.6) is 0 Å². The van der Waals surface area contributed by atoms with E-state index in [-0.39, 0.29) is 11.8 Å². The summed E-state index contributed by atoms with van der Waals surface area (Å²) in [6, 6.07) is 10.5. The lowest BCUT2D eigenvalue weighted by Gasteiger charge is -2.32. The number of hydrogen-bond acceptors (Lipinski definition) is 5. The Labute approximate surface area is 187 Å². The fraction of sp³-hybridized carbons (Fsp3) is 0.542. The third-order valence-corrected chi connectivity index (χ3v) is 7.86. The van der Waals surface area contributed by atoms with Gasteiger partial charge in [0.2, 0.25) is 5.91 Å². The van der Waals surface area contributed by atoms with Gasteiger partial charge in [-0.2, -0.15) is 10.1 Å². The highest BCUT2D eigenvalue weighted by Crippen LogP contribution is 2.34. The van der Waals surface area contributed by atoms with Crippen LogP contribution >= 0.6 is 11.3 Å². The van der Waals surface area contributed by atoms with Crippen molar-refractivity contribution >= 4 is 32.7 Å². The predicted octanol–water partition coefficient (Wildman–Crippen LogP) is 4.85. The van der Waals surface area contributed by atoms with Crippen molar-refractivity contribution in [3.8, 4) is 5.69 Å². The molecule has 164 valence electrons. The fourth-order valence-corrected chi connectivity index (χ4v) is 5.94. The molecule has 1 saturated carbocycles. The highest BCUT2D eigenvalue weighted by molar-refractivity contribution is 7.22. The second-order valence-electron chi connectivity index (χ2n) is 8.96. The van der Waals surface area contributed by atoms with Gasteiger partial charge in [-0.05, 0) is 44.7 Å². The molecule has 0 radical (unpaired) electrons. The first-order valence-electron chi connectivity index (χ1n) is 11.7. The standard InChI is InChI=1S/C24H31N5OS/c1-17-21-22(29(27-17)20-13-7-4-8-14-20)26-24(31-21)28-15-9-10-18(16-28)23(30)25-19-11-5-2-3-6-12-19/h4,7-8,13-14,18-19H,2-3,5-6,9-12,15-16H2,1H3,(H,25,30)/t18-/m1/s1. The number of carbonyl (C=O) groups excluding carboxylic acids is 1. The molecule has 7 heteroatoms. The minimum atomic E-state index is 0.0516. The number of fused-ring (bicyclic) bond motifs is 1. The molecule has 2 aliphatic rings. The topological polar surface area (TPSA) is 63.1 Å². The predicted molar refractivity (Wildman–Crippen MR) is 126 cm³/mol. The average molecular weight is 438 g/mol. The summed E-state index contributed by atoms with van der Waals surface area (Å²) in [5.41, 5.74) is 2.94. The first-order chi connectivity index (χ1) is 15.2. The third kappa shape index (κ3) is 4.33. The number of piperidine rings is 1. The Bertz CT molecular complexity index is 1040. The van der Waals surface area contributed by atoms with Crippen LogP contribution < -0.4 is 10.2 Å². The zero-order valence-corrected chi connectivity index (χ0v) is 19.0. The van der Waals surface area contributed by atoms with E-state index in [1.807, 2.05) is 29.8 Å². The van der Waals surface area contributed by atoms with Gasteiger partial charge in [-0.3, -0.25) is 4.79 Å². The first-order valence-corrected chi connectivity index (χ1v) is 12.5. The fourth-order valence-electron chi connectivity index (χ4n) is 4.92. The zero-order valence-electron chi connectivity index (χ0n) is 18.2. The molecule has 1 saturated heterocycles. The van der Waals surface area contributed by atoms with Crippen molar-refractivity contribution in [2.75, 3.05) is 18.0 Å². The SMILES string of the molecule is Cc1nn(-c2ccccc2)c2nc(N3CCC[C@@H](C(=O)NC4CCCCCC4)C3)sc12. The molecule has 1 atom stereocenters. The van der Waals surface area contributed by atoms with Gasteiger partial charge < -0.3 is 10.2 Å². The van der Waals surface area contributed by atoms with Gasteiger partial charge in [0, 0.05) is 19.1 Å². The van der Waals surface area contributed by atoms with Crippen LogP contribution in [-0.4, -0.2) is 39.8 Å². The van der Waals surface area contributed by atoms with Crippen LogP contribution in [-0.2, 0) is 4.79 Å². The van der Waals surface area contributed by atoms with E-state index in [0.717, 1.165) is 65.6 Å². The van der Waals surface area contributed by atoms with Gasteiger partial charge in [-0.25, -0.2) is 4.68 Å². The van der Waals surface area contributed by atoms with Gasteiger partial charge in [-0.1, -0.05) is 55.2 Å². The lowest BCUT2D eigenvalue weighted by atomic mass is 9.96. The number of anilines is 1. The number of para-hydroxylation sites is 1. The smallest absolute Gasteiger partial charge is 0.225 e. The summed E-state index contributed by atoms with van der Waals surface area (Å²) in [5.74, 6) is 0.292. The number of aryl methyl sites for hydroxylation is 1. The molecule has 2 aromatic heterocycles. The van der Waals surface area contributed by atoms with Crippen molar-refractivity contribution in [3.05, 3.63) is 36.0 Å². The van der Waals surface area contributed by atoms with Crippen LogP contribution in [0.3, 0.4) is 0 Å². The quantitative estimate of drug-likeness (QED) is 0.593. The summed E-state index contributed by atoms with van der Waals surface area (Å²) in [6.07, 6.45) is 9.36. The lowest BCUT2D eigenvalue weighted by Crippen LogP contribution is -2.46. The Hall–Kier alpha value is -2.41. The molecule has 2 fully saturated rings. The van der Waals surface area contributed by atoms with Crippen molar-refractivity contribution in [2.45, 2.75) is 64.3 Å². The van der Waals surface area contributed by atoms with Crippen molar-refractivity contribution in [2.24, 2.45) is 5.92 Å². The van der Waals surface area contributed by atoms with Crippen molar-refractivity contribution in [1.82, 2.24) is 20.1 Å². The van der Waals surface area contributed by atoms with E-state index in [4.69, 9.17) is 10.1 Å². The third-order valence-electron chi connectivity index (χ3n) is 6.64. The van der Waals surface area contributed by atoms with E-state index in [9.17, 15) is 4.79 Å². The Morgan fingerprint density at radius 3 is 2.61 bits per heavy atom. The second kappa shape index (κ2) is 8.99. The summed E-state index contributed by atoms with van der Waals surface area (Å²) in [4.78, 5) is 20.3. The molecule has 0 bridgehead atoms. The van der Waals surface area contributed by atoms with Crippen LogP contribution in [0.1, 0.15) is 57.1 Å². The van der Waals surface area contributed by atoms with Crippen LogP contribution in [0.4, 0.5) is 5.13 Å². The minimum Gasteiger partial charge on any atom is -0.353 e. The largest absolute Gasteiger partial charge is 0.353 e. The molecule has 0 spiro atoms. The summed E-state index contributed by atoms with van der Waals surface area (Å²) in [7, 11) is 0. The molecule has 6 nitrogen and oxygen atoms in total. The maximum Gasteiger partial charge on any atom is 0.225 e. The molecule has 3 aromatic rings. The molecule has 1 aromatic carbocycles. The molecule has 5 rings (SSSR count). The van der Waals surface area contributed by atoms with Gasteiger partial charge in [0.15, 0.2) is 10.8 Å². The number of aromatic nitrogens is 3. The van der Waals surface area contributed by atoms with Crippen LogP contribution in [0.25, 0.3) is 16.0 Å². The Morgan fingerprint density at radius 1 is 1.06 bits per heavy atom. The number of carbonyl (C=O) groups is 1. The van der Waals surface area contributed by atoms with Crippen LogP contribution in [0, 0.1) is 12.8 Å². The molecule has 1 aliphatic carbocycles. The normalized spacial score (nSPS) is 20.7. The van der Waals surface area contributed by atoms with Gasteiger partial charge in [0.05, 0.1) is 22.0 Å². The minimum absolute atomic E-state index is 0.0516. The van der Waals surface area contributed by atoms with Gasteiger partial charge in [0.25, 0.3) is 0 Å². The van der Waals surface area contributed by atoms with Crippen molar-refractivity contribution in [3.63, 3.8) is 0 Å². The van der Waals surface area contributed by atoms with E-state index >= 15 is 0 Å². The second-order valence-corrected chi connectivity index (χ2v) is 9.94. The molecule has 1 aliphatic heterocycles. The number of nitrogens with zero attached hydrogens (tertiary/aromatic N) is 4. The number of hydrogen-bond donors (Lipinski definition) is 1. The summed E-state index contributed by atoms with van der Waals surface area (Å²) in [6.45, 7) is 3.76. The number of thiazole rings is 1. The summed E-state index contributed by atoms with van der Waals surface area (Å²) in [5, 5.41) is 9.08. The maximum atomic E-state index is 13.0. The van der Waals surface area contributed by atoms with Crippen LogP contribution in [0.15, 0.2) is 30.3 Å². The number of nitrogens with one attached hydrogen (secondary N) is 1. The summed E-state index contributed by atoms with van der Waals surface area (Å²) >= 11 is 1.70. The zero-order chi connectivity index (χ0) is 21.2. The Kier molecular flexibility index (Phi) is 5.94. The maximum absolute atomic E-state index is 13.0. The molecular weight excluding hydrogens is 406 g/mol. The molecular formula is C24H31N5OS. The molecule has 0 unspecified atom stereocenters. The monoisotopic (exact) mass is 437 g/mol. The Balaban J connectivity index is 1.32. The Morgan fingerprint density at radius 2 is 1.84 bits per heavy atom. The molecule has 1 amide bonds. The number of rotatable bonds is 4. The molecule has 1 N–H and O–H groups in total. The molecule has 31 heavy (non-hydrogen) atoms. The van der Waals surface area contributed by atoms with E-state index in [1.54, 1.807) is 11.3 Å². The van der Waals surface area contributed by atoms with E-state index in [2.05, 4.69) is 22.3 Å². The van der Waals surface area contributed by atoms with Crippen LogP contribution in [0.2, 0.25) is 0 Å².